The summed E-state index contributed by atoms with van der Waals surface area (Å²) in [5, 5.41) is 1.69. The minimum atomic E-state index is -3.87. The number of hydrogen-bond acceptors (Lipinski definition) is 3. The zero-order chi connectivity index (χ0) is 19.3. The van der Waals surface area contributed by atoms with Crippen molar-refractivity contribution < 1.29 is 13.2 Å². The number of halogens is 1. The van der Waals surface area contributed by atoms with Gasteiger partial charge in [-0.05, 0) is 49.7 Å². The van der Waals surface area contributed by atoms with Crippen LogP contribution in [0.15, 0.2) is 53.4 Å². The normalized spacial score (nSPS) is 13.4. The van der Waals surface area contributed by atoms with Gasteiger partial charge in [0, 0.05) is 27.9 Å². The lowest BCUT2D eigenvalue weighted by Crippen LogP contribution is -2.25. The van der Waals surface area contributed by atoms with E-state index >= 15 is 0 Å². The molecule has 138 valence electrons. The number of sulfonamides is 1. The van der Waals surface area contributed by atoms with Gasteiger partial charge in [0.2, 0.25) is 0 Å². The predicted octanol–water partition coefficient (Wildman–Crippen LogP) is 4.58. The standard InChI is InChI=1S/C20H17ClN2O3S/c1-3-23-17-10-11-18(13-6-4-7-14(19(13)17)20(23)24)27(25,26)22-16-9-5-8-15(21)12(16)2/h4-11,22H,3H2,1-2H3. The summed E-state index contributed by atoms with van der Waals surface area (Å²) in [5.74, 6) is -0.105. The molecule has 0 radical (unpaired) electrons. The van der Waals surface area contributed by atoms with E-state index in [4.69, 9.17) is 11.6 Å². The van der Waals surface area contributed by atoms with E-state index in [9.17, 15) is 13.2 Å². The molecule has 0 fully saturated rings. The molecule has 0 bridgehead atoms. The molecule has 1 aliphatic rings. The molecule has 1 amide bonds. The zero-order valence-corrected chi connectivity index (χ0v) is 16.4. The average molecular weight is 401 g/mol. The number of benzene rings is 3. The Hall–Kier alpha value is -2.57. The Balaban J connectivity index is 1.89. The second-order valence-corrected chi connectivity index (χ2v) is 8.44. The quantitative estimate of drug-likeness (QED) is 0.696. The molecule has 0 unspecified atom stereocenters. The van der Waals surface area contributed by atoms with Crippen molar-refractivity contribution in [3.05, 3.63) is 64.7 Å². The van der Waals surface area contributed by atoms with E-state index in [1.54, 1.807) is 60.4 Å². The lowest BCUT2D eigenvalue weighted by molar-refractivity contribution is 0.0994. The van der Waals surface area contributed by atoms with Gasteiger partial charge in [-0.2, -0.15) is 0 Å². The van der Waals surface area contributed by atoms with Crippen LogP contribution >= 0.6 is 11.6 Å². The summed E-state index contributed by atoms with van der Waals surface area (Å²) in [6, 6.07) is 13.5. The van der Waals surface area contributed by atoms with Gasteiger partial charge in [-0.3, -0.25) is 9.52 Å². The third-order valence-electron chi connectivity index (χ3n) is 4.86. The summed E-state index contributed by atoms with van der Waals surface area (Å²) in [5.41, 5.74) is 2.35. The highest BCUT2D eigenvalue weighted by Gasteiger charge is 2.31. The monoisotopic (exact) mass is 400 g/mol. The van der Waals surface area contributed by atoms with Crippen molar-refractivity contribution in [3.63, 3.8) is 0 Å². The lowest BCUT2D eigenvalue weighted by Gasteiger charge is -2.16. The third-order valence-corrected chi connectivity index (χ3v) is 6.70. The van der Waals surface area contributed by atoms with Gasteiger partial charge in [0.1, 0.15) is 0 Å². The molecule has 1 aliphatic heterocycles. The van der Waals surface area contributed by atoms with Gasteiger partial charge in [0.25, 0.3) is 15.9 Å². The molecule has 3 aromatic rings. The average Bonchev–Trinajstić information content (AvgIpc) is 2.92. The molecule has 3 aromatic carbocycles. The number of anilines is 2. The predicted molar refractivity (Wildman–Crippen MR) is 108 cm³/mol. The Labute approximate surface area is 162 Å². The van der Waals surface area contributed by atoms with Gasteiger partial charge in [0.15, 0.2) is 0 Å². The Morgan fingerprint density at radius 3 is 2.56 bits per heavy atom. The number of nitrogens with one attached hydrogen (secondary N) is 1. The van der Waals surface area contributed by atoms with Gasteiger partial charge >= 0.3 is 0 Å². The Kier molecular flexibility index (Phi) is 4.13. The van der Waals surface area contributed by atoms with Gasteiger partial charge in [0.05, 0.1) is 16.3 Å². The van der Waals surface area contributed by atoms with Crippen molar-refractivity contribution in [3.8, 4) is 0 Å². The van der Waals surface area contributed by atoms with Crippen LogP contribution in [0, 0.1) is 6.92 Å². The lowest BCUT2D eigenvalue weighted by atomic mass is 10.1. The van der Waals surface area contributed by atoms with E-state index in [1.165, 1.54) is 0 Å². The van der Waals surface area contributed by atoms with Gasteiger partial charge in [-0.15, -0.1) is 0 Å². The third kappa shape index (κ3) is 2.67. The molecule has 7 heteroatoms. The van der Waals surface area contributed by atoms with Crippen LogP contribution in [-0.4, -0.2) is 20.9 Å². The van der Waals surface area contributed by atoms with Crippen molar-refractivity contribution in [2.45, 2.75) is 18.7 Å². The van der Waals surface area contributed by atoms with Crippen molar-refractivity contribution in [1.29, 1.82) is 0 Å². The molecule has 0 saturated heterocycles. The number of rotatable bonds is 4. The minimum absolute atomic E-state index is 0.105. The Bertz CT molecular complexity index is 1210. The molecular formula is C20H17ClN2O3S. The van der Waals surface area contributed by atoms with Crippen LogP contribution in [0.2, 0.25) is 5.02 Å². The fourth-order valence-corrected chi connectivity index (χ4v) is 4.99. The van der Waals surface area contributed by atoms with Gasteiger partial charge in [-0.25, -0.2) is 8.42 Å². The van der Waals surface area contributed by atoms with Crippen LogP contribution in [0.4, 0.5) is 11.4 Å². The summed E-state index contributed by atoms with van der Waals surface area (Å²) in [4.78, 5) is 14.4. The molecule has 0 aliphatic carbocycles. The van der Waals surface area contributed by atoms with E-state index in [0.717, 1.165) is 5.69 Å². The van der Waals surface area contributed by atoms with E-state index in [-0.39, 0.29) is 10.8 Å². The number of carbonyl (C=O) groups excluding carboxylic acids is 1. The maximum Gasteiger partial charge on any atom is 0.262 e. The van der Waals surface area contributed by atoms with Gasteiger partial charge in [-0.1, -0.05) is 29.8 Å². The SMILES string of the molecule is CCN1C(=O)c2cccc3c(S(=O)(=O)Nc4cccc(Cl)c4C)ccc1c23. The molecule has 1 heterocycles. The van der Waals surface area contributed by atoms with Crippen LogP contribution in [0.25, 0.3) is 10.8 Å². The maximum absolute atomic E-state index is 13.1. The second-order valence-electron chi connectivity index (χ2n) is 6.38. The number of hydrogen-bond donors (Lipinski definition) is 1. The molecular weight excluding hydrogens is 384 g/mol. The first-order valence-electron chi connectivity index (χ1n) is 8.50. The Morgan fingerprint density at radius 2 is 1.81 bits per heavy atom. The molecule has 4 rings (SSSR count). The molecule has 0 saturated carbocycles. The molecule has 27 heavy (non-hydrogen) atoms. The fraction of sp³-hybridized carbons (Fsp3) is 0.150. The largest absolute Gasteiger partial charge is 0.308 e. The summed E-state index contributed by atoms with van der Waals surface area (Å²) < 4.78 is 28.8. The van der Waals surface area contributed by atoms with E-state index < -0.39 is 10.0 Å². The van der Waals surface area contributed by atoms with E-state index in [1.807, 2.05) is 6.92 Å². The molecule has 5 nitrogen and oxygen atoms in total. The zero-order valence-electron chi connectivity index (χ0n) is 14.8. The number of amides is 1. The maximum atomic E-state index is 13.1. The fourth-order valence-electron chi connectivity index (χ4n) is 3.49. The summed E-state index contributed by atoms with van der Waals surface area (Å²) in [6.45, 7) is 4.17. The summed E-state index contributed by atoms with van der Waals surface area (Å²) in [7, 11) is -3.87. The molecule has 1 N–H and O–H groups in total. The van der Waals surface area contributed by atoms with E-state index in [0.29, 0.717) is 39.2 Å². The second kappa shape index (κ2) is 6.25. The van der Waals surface area contributed by atoms with E-state index in [2.05, 4.69) is 4.72 Å². The highest BCUT2D eigenvalue weighted by Crippen LogP contribution is 2.40. The first-order valence-corrected chi connectivity index (χ1v) is 10.4. The van der Waals surface area contributed by atoms with Crippen LogP contribution in [0.5, 0.6) is 0 Å². The highest BCUT2D eigenvalue weighted by atomic mass is 35.5. The van der Waals surface area contributed by atoms with Gasteiger partial charge < -0.3 is 4.90 Å². The molecule has 0 spiro atoms. The van der Waals surface area contributed by atoms with Crippen LogP contribution in [0.1, 0.15) is 22.8 Å². The van der Waals surface area contributed by atoms with Crippen LogP contribution in [0.3, 0.4) is 0 Å². The molecule has 0 atom stereocenters. The van der Waals surface area contributed by atoms with Crippen LogP contribution < -0.4 is 9.62 Å². The highest BCUT2D eigenvalue weighted by molar-refractivity contribution is 7.93. The minimum Gasteiger partial charge on any atom is -0.308 e. The van der Waals surface area contributed by atoms with Crippen molar-refractivity contribution in [1.82, 2.24) is 0 Å². The summed E-state index contributed by atoms with van der Waals surface area (Å²) >= 11 is 6.10. The van der Waals surface area contributed by atoms with Crippen molar-refractivity contribution in [2.24, 2.45) is 0 Å². The summed E-state index contributed by atoms with van der Waals surface area (Å²) in [6.07, 6.45) is 0. The smallest absolute Gasteiger partial charge is 0.262 e. The van der Waals surface area contributed by atoms with Crippen molar-refractivity contribution >= 4 is 49.7 Å². The topological polar surface area (TPSA) is 66.5 Å². The number of carbonyl (C=O) groups is 1. The number of nitrogens with zero attached hydrogens (tertiary/aromatic N) is 1. The Morgan fingerprint density at radius 1 is 1.07 bits per heavy atom. The van der Waals surface area contributed by atoms with Crippen LogP contribution in [-0.2, 0) is 10.0 Å². The van der Waals surface area contributed by atoms with Crippen molar-refractivity contribution in [2.75, 3.05) is 16.2 Å². The first kappa shape index (κ1) is 17.8. The molecule has 0 aromatic heterocycles. The first-order chi connectivity index (χ1) is 12.8.